The first-order valence-electron chi connectivity index (χ1n) is 10.5. The number of rotatable bonds is 3. The van der Waals surface area contributed by atoms with Gasteiger partial charge in [-0.15, -0.1) is 0 Å². The van der Waals surface area contributed by atoms with E-state index in [1.807, 2.05) is 58.0 Å². The molecule has 0 saturated carbocycles. The third-order valence-corrected chi connectivity index (χ3v) is 5.73. The summed E-state index contributed by atoms with van der Waals surface area (Å²) in [6, 6.07) is 34.0. The van der Waals surface area contributed by atoms with Crippen LogP contribution in [0.3, 0.4) is 0 Å². The van der Waals surface area contributed by atoms with Crippen LogP contribution in [0.5, 0.6) is 5.75 Å². The maximum atomic E-state index is 10.6. The number of hydrogen-bond donors (Lipinski definition) is 1. The summed E-state index contributed by atoms with van der Waals surface area (Å²) in [4.78, 5) is 6.43. The molecule has 1 aromatic heterocycles. The Balaban J connectivity index is 1.60. The fraction of sp³-hybridized carbons (Fsp3) is 0. The van der Waals surface area contributed by atoms with Gasteiger partial charge in [0.1, 0.15) is 11.4 Å². The molecule has 0 saturated heterocycles. The molecule has 4 aromatic carbocycles. The van der Waals surface area contributed by atoms with Gasteiger partial charge in [0.25, 0.3) is 6.34 Å². The maximum Gasteiger partial charge on any atom is 0.270 e. The van der Waals surface area contributed by atoms with Crippen molar-refractivity contribution in [1.82, 2.24) is 9.56 Å². The molecule has 2 heterocycles. The van der Waals surface area contributed by atoms with Crippen LogP contribution in [0.15, 0.2) is 109 Å². The second-order valence-corrected chi connectivity index (χ2v) is 7.68. The Labute approximate surface area is 186 Å². The van der Waals surface area contributed by atoms with Gasteiger partial charge in [-0.05, 0) is 59.5 Å². The molecule has 152 valence electrons. The van der Waals surface area contributed by atoms with E-state index in [2.05, 4.69) is 59.9 Å². The van der Waals surface area contributed by atoms with Crippen molar-refractivity contribution in [1.29, 1.82) is 0 Å². The molecule has 4 nitrogen and oxygen atoms in total. The van der Waals surface area contributed by atoms with Crippen molar-refractivity contribution < 1.29 is 5.11 Å². The first-order chi connectivity index (χ1) is 15.8. The average molecular weight is 413 g/mol. The molecule has 1 N–H and O–H groups in total. The average Bonchev–Trinajstić information content (AvgIpc) is 2.86. The number of nitrogens with zero attached hydrogens (tertiary/aromatic N) is 3. The summed E-state index contributed by atoms with van der Waals surface area (Å²) >= 11 is 0. The minimum Gasteiger partial charge on any atom is -0.511 e. The third-order valence-electron chi connectivity index (χ3n) is 5.73. The zero-order chi connectivity index (χ0) is 21.5. The zero-order valence-corrected chi connectivity index (χ0v) is 17.2. The SMILES string of the molecule is Oc1ccccc1N1[C-]=[N+](c2cccc(-c3ccccn3)c2)c2cccc3cccc1c23. The monoisotopic (exact) mass is 413 g/mol. The first kappa shape index (κ1) is 18.3. The number of anilines is 2. The fourth-order valence-electron chi connectivity index (χ4n) is 4.25. The molecular formula is C28H19N3O. The predicted molar refractivity (Wildman–Crippen MR) is 130 cm³/mol. The van der Waals surface area contributed by atoms with Crippen LogP contribution in [0.1, 0.15) is 0 Å². The van der Waals surface area contributed by atoms with Gasteiger partial charge in [0.2, 0.25) is 0 Å². The molecule has 0 unspecified atom stereocenters. The van der Waals surface area contributed by atoms with E-state index in [0.29, 0.717) is 5.69 Å². The zero-order valence-electron chi connectivity index (χ0n) is 17.2. The number of benzene rings is 4. The van der Waals surface area contributed by atoms with Crippen LogP contribution in [-0.4, -0.2) is 16.4 Å². The minimum absolute atomic E-state index is 0.207. The van der Waals surface area contributed by atoms with Crippen LogP contribution in [0, 0.1) is 0 Å². The van der Waals surface area contributed by atoms with Crippen LogP contribution in [0.4, 0.5) is 22.7 Å². The smallest absolute Gasteiger partial charge is 0.270 e. The molecule has 0 aliphatic carbocycles. The summed E-state index contributed by atoms with van der Waals surface area (Å²) in [5.74, 6) is 0.207. The molecule has 6 rings (SSSR count). The summed E-state index contributed by atoms with van der Waals surface area (Å²) in [6.45, 7) is 0. The lowest BCUT2D eigenvalue weighted by Crippen LogP contribution is -2.26. The van der Waals surface area contributed by atoms with Crippen molar-refractivity contribution >= 4 is 39.9 Å². The van der Waals surface area contributed by atoms with E-state index in [4.69, 9.17) is 0 Å². The number of aromatic hydroxyl groups is 1. The van der Waals surface area contributed by atoms with Gasteiger partial charge in [-0.1, -0.05) is 54.6 Å². The Kier molecular flexibility index (Phi) is 4.22. The molecule has 4 heteroatoms. The number of para-hydroxylation sites is 2. The third kappa shape index (κ3) is 2.93. The number of pyridine rings is 1. The van der Waals surface area contributed by atoms with E-state index in [0.717, 1.165) is 39.1 Å². The Bertz CT molecular complexity index is 1490. The van der Waals surface area contributed by atoms with Gasteiger partial charge in [0.05, 0.1) is 22.8 Å². The summed E-state index contributed by atoms with van der Waals surface area (Å²) in [6.07, 6.45) is 5.31. The number of phenolic OH excluding ortho intramolecular Hbond substituents is 1. The van der Waals surface area contributed by atoms with Crippen LogP contribution < -0.4 is 9.48 Å². The van der Waals surface area contributed by atoms with Crippen LogP contribution >= 0.6 is 0 Å². The van der Waals surface area contributed by atoms with Gasteiger partial charge in [0, 0.05) is 11.6 Å². The standard InChI is InChI=1S/C28H19N3O/c32-27-16-2-1-13-24(27)31-19-30(25-14-6-8-20-9-7-15-26(31)28(20)25)22-11-5-10-21(18-22)23-12-3-4-17-29-23/h1-18,32H. The molecular weight excluding hydrogens is 394 g/mol. The predicted octanol–water partition coefficient (Wildman–Crippen LogP) is 6.50. The van der Waals surface area contributed by atoms with Crippen molar-refractivity contribution in [2.45, 2.75) is 0 Å². The van der Waals surface area contributed by atoms with E-state index >= 15 is 0 Å². The second kappa shape index (κ2) is 7.36. The van der Waals surface area contributed by atoms with Crippen molar-refractivity contribution in [2.75, 3.05) is 4.90 Å². The fourth-order valence-corrected chi connectivity index (χ4v) is 4.25. The van der Waals surface area contributed by atoms with Gasteiger partial charge < -0.3 is 5.11 Å². The van der Waals surface area contributed by atoms with Crippen molar-refractivity contribution in [3.8, 4) is 17.0 Å². The van der Waals surface area contributed by atoms with Crippen LogP contribution in [-0.2, 0) is 0 Å². The van der Waals surface area contributed by atoms with E-state index in [1.165, 1.54) is 0 Å². The Morgan fingerprint density at radius 1 is 0.750 bits per heavy atom. The van der Waals surface area contributed by atoms with E-state index < -0.39 is 0 Å². The first-order valence-corrected chi connectivity index (χ1v) is 10.5. The van der Waals surface area contributed by atoms with Crippen molar-refractivity contribution in [3.05, 3.63) is 109 Å². The van der Waals surface area contributed by atoms with Gasteiger partial charge in [-0.3, -0.25) is 14.5 Å². The summed E-state index contributed by atoms with van der Waals surface area (Å²) < 4.78 is 2.05. The molecule has 0 spiro atoms. The number of aromatic nitrogens is 1. The highest BCUT2D eigenvalue weighted by Gasteiger charge is 2.24. The van der Waals surface area contributed by atoms with Crippen LogP contribution in [0.25, 0.3) is 22.0 Å². The molecule has 0 amide bonds. The summed E-state index contributed by atoms with van der Waals surface area (Å²) in [5, 5.41) is 12.9. The van der Waals surface area contributed by atoms with Crippen molar-refractivity contribution in [2.24, 2.45) is 0 Å². The molecule has 1 aliphatic rings. The second-order valence-electron chi connectivity index (χ2n) is 7.68. The highest BCUT2D eigenvalue weighted by atomic mass is 16.3. The lowest BCUT2D eigenvalue weighted by Gasteiger charge is -2.29. The largest absolute Gasteiger partial charge is 0.511 e. The van der Waals surface area contributed by atoms with E-state index in [1.54, 1.807) is 12.3 Å². The Hall–Kier alpha value is -4.44. The number of phenols is 1. The molecule has 1 aliphatic heterocycles. The van der Waals surface area contributed by atoms with Gasteiger partial charge in [0.15, 0.2) is 0 Å². The molecule has 0 bridgehead atoms. The van der Waals surface area contributed by atoms with Crippen molar-refractivity contribution in [3.63, 3.8) is 0 Å². The molecule has 32 heavy (non-hydrogen) atoms. The molecule has 5 aromatic rings. The number of hydrogen-bond acceptors (Lipinski definition) is 3. The van der Waals surface area contributed by atoms with Gasteiger partial charge in [-0.2, -0.15) is 0 Å². The quantitative estimate of drug-likeness (QED) is 0.271. The summed E-state index contributed by atoms with van der Waals surface area (Å²) in [7, 11) is 0. The lowest BCUT2D eigenvalue weighted by molar-refractivity contribution is 0.477. The van der Waals surface area contributed by atoms with E-state index in [-0.39, 0.29) is 5.75 Å². The Morgan fingerprint density at radius 2 is 1.53 bits per heavy atom. The van der Waals surface area contributed by atoms with Gasteiger partial charge >= 0.3 is 0 Å². The lowest BCUT2D eigenvalue weighted by atomic mass is 10.0. The summed E-state index contributed by atoms with van der Waals surface area (Å²) in [5.41, 5.74) is 5.63. The topological polar surface area (TPSA) is 39.4 Å². The molecule has 0 atom stereocenters. The molecule has 0 fully saturated rings. The van der Waals surface area contributed by atoms with Crippen LogP contribution in [0.2, 0.25) is 0 Å². The Morgan fingerprint density at radius 3 is 2.38 bits per heavy atom. The highest BCUT2D eigenvalue weighted by molar-refractivity contribution is 6.13. The molecule has 0 radical (unpaired) electrons. The van der Waals surface area contributed by atoms with E-state index in [9.17, 15) is 5.11 Å². The minimum atomic E-state index is 0.207. The normalized spacial score (nSPS) is 12.6. The maximum absolute atomic E-state index is 10.6. The van der Waals surface area contributed by atoms with Gasteiger partial charge in [-0.25, -0.2) is 0 Å². The highest BCUT2D eigenvalue weighted by Crippen LogP contribution is 2.43.